The molecule has 0 radical (unpaired) electrons. The van der Waals surface area contributed by atoms with Crippen molar-refractivity contribution in [2.45, 2.75) is 19.4 Å². The first-order valence-corrected chi connectivity index (χ1v) is 10.2. The van der Waals surface area contributed by atoms with Gasteiger partial charge in [-0.05, 0) is 29.5 Å². The van der Waals surface area contributed by atoms with E-state index in [0.717, 1.165) is 23.6 Å². The zero-order valence-corrected chi connectivity index (χ0v) is 17.4. The van der Waals surface area contributed by atoms with Crippen LogP contribution in [0.1, 0.15) is 18.6 Å². The SMILES string of the molecule is CN(C)C(=O)N1CCC(COc2coc(Cn3cc4ccccc4c3)cc2=O)CC1. The Balaban J connectivity index is 1.32. The monoisotopic (exact) mass is 409 g/mol. The molecule has 3 heterocycles. The molecule has 0 saturated carbocycles. The number of amides is 2. The van der Waals surface area contributed by atoms with E-state index in [1.54, 1.807) is 19.0 Å². The Bertz CT molecular complexity index is 1040. The Morgan fingerprint density at radius 1 is 1.17 bits per heavy atom. The second kappa shape index (κ2) is 8.65. The summed E-state index contributed by atoms with van der Waals surface area (Å²) in [5, 5.41) is 2.30. The van der Waals surface area contributed by atoms with E-state index in [9.17, 15) is 9.59 Å². The van der Waals surface area contributed by atoms with Gasteiger partial charge in [0.05, 0.1) is 13.2 Å². The highest BCUT2D eigenvalue weighted by molar-refractivity contribution is 5.82. The highest BCUT2D eigenvalue weighted by Crippen LogP contribution is 2.20. The molecule has 7 heteroatoms. The van der Waals surface area contributed by atoms with Crippen LogP contribution in [0, 0.1) is 5.92 Å². The predicted molar refractivity (Wildman–Crippen MR) is 115 cm³/mol. The van der Waals surface area contributed by atoms with Crippen molar-refractivity contribution in [2.75, 3.05) is 33.8 Å². The summed E-state index contributed by atoms with van der Waals surface area (Å²) in [5.41, 5.74) is -0.173. The maximum absolute atomic E-state index is 12.4. The van der Waals surface area contributed by atoms with E-state index < -0.39 is 0 Å². The number of carbonyl (C=O) groups is 1. The normalized spacial score (nSPS) is 14.8. The Labute approximate surface area is 175 Å². The molecular weight excluding hydrogens is 382 g/mol. The van der Waals surface area contributed by atoms with E-state index in [4.69, 9.17) is 9.15 Å². The smallest absolute Gasteiger partial charge is 0.319 e. The fourth-order valence-corrected chi connectivity index (χ4v) is 3.82. The number of hydrogen-bond acceptors (Lipinski definition) is 4. The number of urea groups is 1. The Kier molecular flexibility index (Phi) is 5.79. The molecule has 7 nitrogen and oxygen atoms in total. The van der Waals surface area contributed by atoms with Crippen molar-refractivity contribution >= 4 is 16.8 Å². The van der Waals surface area contributed by atoms with Crippen LogP contribution in [0.15, 0.2) is 58.2 Å². The molecule has 30 heavy (non-hydrogen) atoms. The second-order valence-corrected chi connectivity index (χ2v) is 8.05. The van der Waals surface area contributed by atoms with Crippen molar-refractivity contribution in [2.24, 2.45) is 5.92 Å². The molecule has 1 aliphatic rings. The van der Waals surface area contributed by atoms with Crippen molar-refractivity contribution in [3.63, 3.8) is 0 Å². The number of fused-ring (bicyclic) bond motifs is 1. The number of rotatable bonds is 5. The van der Waals surface area contributed by atoms with E-state index >= 15 is 0 Å². The van der Waals surface area contributed by atoms with E-state index in [0.29, 0.717) is 37.9 Å². The molecule has 0 spiro atoms. The van der Waals surface area contributed by atoms with Gasteiger partial charge in [-0.2, -0.15) is 0 Å². The summed E-state index contributed by atoms with van der Waals surface area (Å²) in [7, 11) is 3.53. The van der Waals surface area contributed by atoms with E-state index in [2.05, 4.69) is 12.1 Å². The van der Waals surface area contributed by atoms with Crippen LogP contribution < -0.4 is 10.2 Å². The average Bonchev–Trinajstić information content (AvgIpc) is 3.15. The third-order valence-electron chi connectivity index (χ3n) is 5.54. The topological polar surface area (TPSA) is 67.9 Å². The van der Waals surface area contributed by atoms with Gasteiger partial charge in [0.15, 0.2) is 0 Å². The molecular formula is C23H27N3O4. The van der Waals surface area contributed by atoms with Crippen LogP contribution in [0.3, 0.4) is 0 Å². The minimum atomic E-state index is -0.173. The minimum Gasteiger partial charge on any atom is -0.486 e. The first kappa shape index (κ1) is 20.1. The van der Waals surface area contributed by atoms with Crippen LogP contribution in [-0.4, -0.2) is 54.2 Å². The van der Waals surface area contributed by atoms with Crippen molar-refractivity contribution in [3.8, 4) is 5.75 Å². The third-order valence-corrected chi connectivity index (χ3v) is 5.54. The molecule has 2 aromatic heterocycles. The largest absolute Gasteiger partial charge is 0.486 e. The molecule has 0 unspecified atom stereocenters. The Morgan fingerprint density at radius 2 is 1.83 bits per heavy atom. The quantitative estimate of drug-likeness (QED) is 0.648. The van der Waals surface area contributed by atoms with E-state index in [-0.39, 0.29) is 17.2 Å². The summed E-state index contributed by atoms with van der Waals surface area (Å²) in [4.78, 5) is 27.9. The number of ether oxygens (including phenoxy) is 1. The fraction of sp³-hybridized carbons (Fsp3) is 0.391. The number of aromatic nitrogens is 1. The molecule has 2 amide bonds. The second-order valence-electron chi connectivity index (χ2n) is 8.05. The summed E-state index contributed by atoms with van der Waals surface area (Å²) in [5.74, 6) is 1.15. The molecule has 0 bridgehead atoms. The molecule has 0 N–H and O–H groups in total. The van der Waals surface area contributed by atoms with Crippen LogP contribution in [0.25, 0.3) is 10.8 Å². The van der Waals surface area contributed by atoms with Crippen LogP contribution in [0.5, 0.6) is 5.75 Å². The molecule has 1 aromatic carbocycles. The van der Waals surface area contributed by atoms with Gasteiger partial charge in [-0.3, -0.25) is 4.79 Å². The van der Waals surface area contributed by atoms with Gasteiger partial charge in [0.2, 0.25) is 11.2 Å². The van der Waals surface area contributed by atoms with Crippen LogP contribution >= 0.6 is 0 Å². The molecule has 3 aromatic rings. The van der Waals surface area contributed by atoms with E-state index in [1.165, 1.54) is 12.3 Å². The van der Waals surface area contributed by atoms with Crippen LogP contribution in [0.4, 0.5) is 4.79 Å². The molecule has 0 atom stereocenters. The minimum absolute atomic E-state index is 0.0428. The van der Waals surface area contributed by atoms with Crippen molar-refractivity contribution in [1.29, 1.82) is 0 Å². The zero-order valence-electron chi connectivity index (χ0n) is 17.4. The third kappa shape index (κ3) is 4.50. The van der Waals surface area contributed by atoms with Gasteiger partial charge in [0.25, 0.3) is 0 Å². The summed E-state index contributed by atoms with van der Waals surface area (Å²) in [6.07, 6.45) is 7.21. The number of benzene rings is 1. The summed E-state index contributed by atoms with van der Waals surface area (Å²) >= 11 is 0. The van der Waals surface area contributed by atoms with Crippen LogP contribution in [0.2, 0.25) is 0 Å². The molecule has 1 saturated heterocycles. The number of piperidine rings is 1. The average molecular weight is 409 g/mol. The lowest BCUT2D eigenvalue weighted by atomic mass is 9.98. The number of likely N-dealkylation sites (tertiary alicyclic amines) is 1. The van der Waals surface area contributed by atoms with Crippen molar-refractivity contribution < 1.29 is 13.9 Å². The molecule has 0 aliphatic carbocycles. The fourth-order valence-electron chi connectivity index (χ4n) is 3.82. The van der Waals surface area contributed by atoms with Gasteiger partial charge in [0.1, 0.15) is 12.0 Å². The van der Waals surface area contributed by atoms with Gasteiger partial charge in [-0.25, -0.2) is 4.79 Å². The van der Waals surface area contributed by atoms with Gasteiger partial charge in [-0.1, -0.05) is 24.3 Å². The van der Waals surface area contributed by atoms with Crippen molar-refractivity contribution in [1.82, 2.24) is 14.4 Å². The summed E-state index contributed by atoms with van der Waals surface area (Å²) in [6.45, 7) is 2.37. The van der Waals surface area contributed by atoms with Gasteiger partial charge in [0, 0.05) is 45.6 Å². The Morgan fingerprint density at radius 3 is 2.43 bits per heavy atom. The lowest BCUT2D eigenvalue weighted by Crippen LogP contribution is -2.44. The summed E-state index contributed by atoms with van der Waals surface area (Å²) in [6, 6.07) is 9.66. The maximum Gasteiger partial charge on any atom is 0.319 e. The lowest BCUT2D eigenvalue weighted by Gasteiger charge is -2.33. The molecule has 1 fully saturated rings. The van der Waals surface area contributed by atoms with Gasteiger partial charge < -0.3 is 23.5 Å². The Hall–Kier alpha value is -3.22. The van der Waals surface area contributed by atoms with Gasteiger partial charge in [-0.15, -0.1) is 0 Å². The first-order chi connectivity index (χ1) is 14.5. The maximum atomic E-state index is 12.4. The number of carbonyl (C=O) groups excluding carboxylic acids is 1. The van der Waals surface area contributed by atoms with E-state index in [1.807, 2.05) is 34.0 Å². The summed E-state index contributed by atoms with van der Waals surface area (Å²) < 4.78 is 13.4. The van der Waals surface area contributed by atoms with Crippen molar-refractivity contribution in [3.05, 3.63) is 65.0 Å². The highest BCUT2D eigenvalue weighted by Gasteiger charge is 2.24. The molecule has 158 valence electrons. The predicted octanol–water partition coefficient (Wildman–Crippen LogP) is 3.42. The molecule has 4 rings (SSSR count). The number of nitrogens with zero attached hydrogens (tertiary/aromatic N) is 3. The first-order valence-electron chi connectivity index (χ1n) is 10.2. The highest BCUT2D eigenvalue weighted by atomic mass is 16.5. The number of hydrogen-bond donors (Lipinski definition) is 0. The van der Waals surface area contributed by atoms with Crippen LogP contribution in [-0.2, 0) is 6.54 Å². The lowest BCUT2D eigenvalue weighted by molar-refractivity contribution is 0.128. The van der Waals surface area contributed by atoms with Gasteiger partial charge >= 0.3 is 6.03 Å². The zero-order chi connectivity index (χ0) is 21.1. The molecule has 1 aliphatic heterocycles. The standard InChI is InChI=1S/C23H27N3O4/c1-24(2)23(28)26-9-7-17(8-10-26)15-30-22-16-29-20(11-21(22)27)14-25-12-18-5-3-4-6-19(18)13-25/h3-6,11-13,16-17H,7-10,14-15H2,1-2H3.